The van der Waals surface area contributed by atoms with Crippen LogP contribution >= 0.6 is 7.14 Å². The van der Waals surface area contributed by atoms with E-state index in [4.69, 9.17) is 4.52 Å². The third-order valence-corrected chi connectivity index (χ3v) is 5.95. The number of rotatable bonds is 4. The Bertz CT molecular complexity index is 761. The van der Waals surface area contributed by atoms with Gasteiger partial charge in [0.1, 0.15) is 0 Å². The van der Waals surface area contributed by atoms with Gasteiger partial charge in [0.05, 0.1) is 18.7 Å². The van der Waals surface area contributed by atoms with Crippen LogP contribution in [0.5, 0.6) is 0 Å². The summed E-state index contributed by atoms with van der Waals surface area (Å²) < 4.78 is 17.4. The van der Waals surface area contributed by atoms with Gasteiger partial charge in [-0.3, -0.25) is 0 Å². The van der Waals surface area contributed by atoms with Gasteiger partial charge in [-0.1, -0.05) is 56.6 Å². The highest BCUT2D eigenvalue weighted by Gasteiger charge is 2.44. The molecule has 0 atom stereocenters. The van der Waals surface area contributed by atoms with Gasteiger partial charge in [-0.25, -0.2) is 0 Å². The second-order valence-electron chi connectivity index (χ2n) is 8.51. The van der Waals surface area contributed by atoms with Crippen molar-refractivity contribution in [3.05, 3.63) is 47.1 Å². The van der Waals surface area contributed by atoms with Gasteiger partial charge in [-0.2, -0.15) is 4.98 Å². The Morgan fingerprint density at radius 2 is 1.79 bits per heavy atom. The minimum absolute atomic E-state index is 0.135. The summed E-state index contributed by atoms with van der Waals surface area (Å²) in [6.45, 7) is 10.2. The van der Waals surface area contributed by atoms with Gasteiger partial charge < -0.3 is 9.09 Å². The van der Waals surface area contributed by atoms with Crippen molar-refractivity contribution in [3.63, 3.8) is 0 Å². The number of aromatic nitrogens is 2. The van der Waals surface area contributed by atoms with Crippen LogP contribution in [0.4, 0.5) is 0 Å². The van der Waals surface area contributed by atoms with E-state index >= 15 is 0 Å². The van der Waals surface area contributed by atoms with Crippen LogP contribution in [0.15, 0.2) is 28.8 Å². The first kappa shape index (κ1) is 17.4. The molecule has 0 unspecified atom stereocenters. The molecule has 0 spiro atoms. The fourth-order valence-corrected chi connectivity index (χ4v) is 4.08. The van der Waals surface area contributed by atoms with Crippen LogP contribution in [0.25, 0.3) is 0 Å². The van der Waals surface area contributed by atoms with E-state index in [1.54, 1.807) is 13.3 Å². The van der Waals surface area contributed by atoms with Crippen molar-refractivity contribution in [2.24, 2.45) is 0 Å². The molecular formula is C19H27N2O2P. The minimum Gasteiger partial charge on any atom is -0.339 e. The smallest absolute Gasteiger partial charge is 0.234 e. The molecule has 1 aliphatic rings. The second-order valence-corrected chi connectivity index (χ2v) is 12.0. The number of hydrogen-bond donors (Lipinski definition) is 0. The second kappa shape index (κ2) is 5.84. The maximum atomic E-state index is 12.0. The molecule has 1 heterocycles. The van der Waals surface area contributed by atoms with Crippen LogP contribution in [-0.2, 0) is 21.6 Å². The van der Waals surface area contributed by atoms with E-state index in [2.05, 4.69) is 55.2 Å². The lowest BCUT2D eigenvalue weighted by Crippen LogP contribution is -2.36. The summed E-state index contributed by atoms with van der Waals surface area (Å²) in [5.74, 6) is 1.25. The van der Waals surface area contributed by atoms with Crippen LogP contribution in [0.1, 0.15) is 62.9 Å². The molecule has 1 fully saturated rings. The number of nitrogens with zero attached hydrogens (tertiary/aromatic N) is 2. The molecule has 1 saturated carbocycles. The zero-order valence-electron chi connectivity index (χ0n) is 15.3. The van der Waals surface area contributed by atoms with Gasteiger partial charge in [-0.05, 0) is 42.7 Å². The lowest BCUT2D eigenvalue weighted by atomic mass is 9.63. The first-order chi connectivity index (χ1) is 11.1. The van der Waals surface area contributed by atoms with E-state index in [9.17, 15) is 4.57 Å². The quantitative estimate of drug-likeness (QED) is 0.734. The van der Waals surface area contributed by atoms with Crippen molar-refractivity contribution in [2.75, 3.05) is 13.3 Å². The summed E-state index contributed by atoms with van der Waals surface area (Å²) in [7, 11) is -2.21. The van der Waals surface area contributed by atoms with Crippen molar-refractivity contribution >= 4 is 7.14 Å². The first-order valence-electron chi connectivity index (χ1n) is 8.58. The molecule has 4 nitrogen and oxygen atoms in total. The summed E-state index contributed by atoms with van der Waals surface area (Å²) in [4.78, 5) is 4.59. The number of hydrogen-bond acceptors (Lipinski definition) is 4. The van der Waals surface area contributed by atoms with E-state index in [0.717, 1.165) is 18.7 Å². The summed E-state index contributed by atoms with van der Waals surface area (Å²) in [6.07, 6.45) is 3.62. The van der Waals surface area contributed by atoms with E-state index in [1.165, 1.54) is 17.5 Å². The molecule has 0 radical (unpaired) electrons. The Labute approximate surface area is 144 Å². The Balaban J connectivity index is 1.91. The Morgan fingerprint density at radius 3 is 2.25 bits per heavy atom. The topological polar surface area (TPSA) is 56.0 Å². The average molecular weight is 346 g/mol. The molecule has 0 bridgehead atoms. The van der Waals surface area contributed by atoms with Crippen molar-refractivity contribution in [2.45, 2.75) is 57.0 Å². The minimum atomic E-state index is -2.21. The van der Waals surface area contributed by atoms with Crippen molar-refractivity contribution in [1.29, 1.82) is 0 Å². The van der Waals surface area contributed by atoms with Crippen LogP contribution in [0.2, 0.25) is 0 Å². The molecule has 1 aromatic heterocycles. The van der Waals surface area contributed by atoms with Crippen LogP contribution in [0, 0.1) is 0 Å². The molecule has 5 heteroatoms. The van der Waals surface area contributed by atoms with Gasteiger partial charge in [0.15, 0.2) is 5.82 Å². The van der Waals surface area contributed by atoms with E-state index in [1.807, 2.05) is 0 Å². The van der Waals surface area contributed by atoms with Gasteiger partial charge >= 0.3 is 0 Å². The van der Waals surface area contributed by atoms with Crippen molar-refractivity contribution < 1.29 is 9.09 Å². The summed E-state index contributed by atoms with van der Waals surface area (Å²) >= 11 is 0. The van der Waals surface area contributed by atoms with Crippen LogP contribution in [-0.4, -0.2) is 23.5 Å². The normalized spacial score (nSPS) is 17.5. The maximum Gasteiger partial charge on any atom is 0.234 e. The molecular weight excluding hydrogens is 319 g/mol. The summed E-state index contributed by atoms with van der Waals surface area (Å²) in [5, 5.41) is 4.23. The third-order valence-electron chi connectivity index (χ3n) is 4.92. The van der Waals surface area contributed by atoms with Crippen molar-refractivity contribution in [1.82, 2.24) is 10.1 Å². The Morgan fingerprint density at radius 1 is 1.17 bits per heavy atom. The fourth-order valence-electron chi connectivity index (χ4n) is 3.30. The van der Waals surface area contributed by atoms with Gasteiger partial charge in [-0.15, -0.1) is 0 Å². The molecule has 0 saturated heterocycles. The fraction of sp³-hybridized carbons (Fsp3) is 0.579. The zero-order valence-corrected chi connectivity index (χ0v) is 16.2. The molecule has 0 aliphatic heterocycles. The van der Waals surface area contributed by atoms with Gasteiger partial charge in [0.2, 0.25) is 5.89 Å². The lowest BCUT2D eigenvalue weighted by molar-refractivity contribution is 0.271. The average Bonchev–Trinajstić information content (AvgIpc) is 2.83. The van der Waals surface area contributed by atoms with E-state index in [0.29, 0.717) is 12.1 Å². The number of benzene rings is 1. The largest absolute Gasteiger partial charge is 0.339 e. The molecule has 1 aromatic carbocycles. The molecule has 0 amide bonds. The zero-order chi connectivity index (χ0) is 17.6. The van der Waals surface area contributed by atoms with Gasteiger partial charge in [0, 0.05) is 0 Å². The lowest BCUT2D eigenvalue weighted by Gasteiger charge is -2.39. The van der Waals surface area contributed by atoms with Gasteiger partial charge in [0.25, 0.3) is 0 Å². The maximum absolute atomic E-state index is 12.0. The monoisotopic (exact) mass is 346 g/mol. The standard InChI is InChI=1S/C19H27N2O2P/c1-18(2,3)14-7-9-15(10-8-14)19(11-6-12-19)17-20-16(23-21-17)13-24(4,5)22/h7-10H,6,11-13H2,1-5H3. The SMILES string of the molecule is CC(C)(C)c1ccc(C2(c3noc(CP(C)(C)=O)n3)CCC2)cc1. The molecule has 3 rings (SSSR count). The highest BCUT2D eigenvalue weighted by Crippen LogP contribution is 2.48. The van der Waals surface area contributed by atoms with Crippen molar-refractivity contribution in [3.8, 4) is 0 Å². The summed E-state index contributed by atoms with van der Waals surface area (Å²) in [5.41, 5.74) is 2.59. The first-order valence-corrected chi connectivity index (χ1v) is 11.4. The van der Waals surface area contributed by atoms with Crippen LogP contribution < -0.4 is 0 Å². The summed E-state index contributed by atoms with van der Waals surface area (Å²) in [6, 6.07) is 8.84. The van der Waals surface area contributed by atoms with E-state index < -0.39 is 7.14 Å². The third kappa shape index (κ3) is 3.35. The Hall–Kier alpha value is -1.41. The highest BCUT2D eigenvalue weighted by molar-refractivity contribution is 7.61. The Kier molecular flexibility index (Phi) is 4.24. The predicted octanol–water partition coefficient (Wildman–Crippen LogP) is 4.96. The van der Waals surface area contributed by atoms with Crippen LogP contribution in [0.3, 0.4) is 0 Å². The molecule has 2 aromatic rings. The van der Waals surface area contributed by atoms with E-state index in [-0.39, 0.29) is 10.8 Å². The predicted molar refractivity (Wildman–Crippen MR) is 97.2 cm³/mol. The molecule has 1 aliphatic carbocycles. The molecule has 0 N–H and O–H groups in total. The molecule has 130 valence electrons. The highest BCUT2D eigenvalue weighted by atomic mass is 31.2. The molecule has 24 heavy (non-hydrogen) atoms.